The van der Waals surface area contributed by atoms with E-state index >= 15 is 0 Å². The smallest absolute Gasteiger partial charge is 0.270 e. The van der Waals surface area contributed by atoms with Crippen LogP contribution in [0.3, 0.4) is 0 Å². The lowest BCUT2D eigenvalue weighted by Gasteiger charge is -1.94. The molecule has 3 rings (SSSR count). The zero-order chi connectivity index (χ0) is 13.4. The van der Waals surface area contributed by atoms with Crippen molar-refractivity contribution in [3.63, 3.8) is 0 Å². The molecule has 0 aliphatic rings. The van der Waals surface area contributed by atoms with E-state index < -0.39 is 4.92 Å². The number of oxazole rings is 1. The van der Waals surface area contributed by atoms with Gasteiger partial charge in [0.05, 0.1) is 4.92 Å². The SMILES string of the molecule is Cc1ccc2oc(-c3cccc([N+](=O)[O-])c3)nc2c1. The van der Waals surface area contributed by atoms with Gasteiger partial charge in [-0.15, -0.1) is 0 Å². The van der Waals surface area contributed by atoms with Crippen LogP contribution in [0.5, 0.6) is 0 Å². The molecule has 2 aromatic carbocycles. The number of nitrogens with zero attached hydrogens (tertiary/aromatic N) is 2. The third kappa shape index (κ3) is 2.06. The number of benzene rings is 2. The minimum Gasteiger partial charge on any atom is -0.436 e. The Kier molecular flexibility index (Phi) is 2.52. The molecule has 0 saturated heterocycles. The van der Waals surface area contributed by atoms with Crippen LogP contribution >= 0.6 is 0 Å². The van der Waals surface area contributed by atoms with Gasteiger partial charge in [0.15, 0.2) is 5.58 Å². The highest BCUT2D eigenvalue weighted by Crippen LogP contribution is 2.27. The highest BCUT2D eigenvalue weighted by atomic mass is 16.6. The number of fused-ring (bicyclic) bond motifs is 1. The lowest BCUT2D eigenvalue weighted by atomic mass is 10.2. The van der Waals surface area contributed by atoms with Crippen LogP contribution in [-0.4, -0.2) is 9.91 Å². The third-order valence-corrected chi connectivity index (χ3v) is 2.85. The number of aryl methyl sites for hydroxylation is 1. The summed E-state index contributed by atoms with van der Waals surface area (Å²) in [6.07, 6.45) is 0. The molecule has 5 nitrogen and oxygen atoms in total. The van der Waals surface area contributed by atoms with Crippen LogP contribution < -0.4 is 0 Å². The largest absolute Gasteiger partial charge is 0.436 e. The summed E-state index contributed by atoms with van der Waals surface area (Å²) in [4.78, 5) is 14.7. The van der Waals surface area contributed by atoms with Gasteiger partial charge >= 0.3 is 0 Å². The van der Waals surface area contributed by atoms with Crippen LogP contribution in [0.15, 0.2) is 46.9 Å². The van der Waals surface area contributed by atoms with Crippen molar-refractivity contribution in [1.29, 1.82) is 0 Å². The first-order valence-corrected chi connectivity index (χ1v) is 5.75. The zero-order valence-corrected chi connectivity index (χ0v) is 10.2. The van der Waals surface area contributed by atoms with Crippen molar-refractivity contribution in [3.05, 3.63) is 58.1 Å². The molecule has 0 unspecified atom stereocenters. The van der Waals surface area contributed by atoms with E-state index in [1.54, 1.807) is 12.1 Å². The molecule has 0 amide bonds. The van der Waals surface area contributed by atoms with Gasteiger partial charge in [-0.05, 0) is 30.7 Å². The second kappa shape index (κ2) is 4.20. The van der Waals surface area contributed by atoms with E-state index in [-0.39, 0.29) is 5.69 Å². The van der Waals surface area contributed by atoms with E-state index in [4.69, 9.17) is 4.42 Å². The summed E-state index contributed by atoms with van der Waals surface area (Å²) in [6.45, 7) is 1.97. The number of nitro benzene ring substituents is 1. The molecular formula is C14H10N2O3. The first-order chi connectivity index (χ1) is 9.13. The highest BCUT2D eigenvalue weighted by molar-refractivity contribution is 5.77. The number of non-ortho nitro benzene ring substituents is 1. The number of hydrogen-bond acceptors (Lipinski definition) is 4. The molecular weight excluding hydrogens is 244 g/mol. The molecule has 0 bridgehead atoms. The monoisotopic (exact) mass is 254 g/mol. The van der Waals surface area contributed by atoms with Gasteiger partial charge in [-0.25, -0.2) is 4.98 Å². The van der Waals surface area contributed by atoms with Gasteiger partial charge in [-0.1, -0.05) is 12.1 Å². The first kappa shape index (κ1) is 11.4. The molecule has 1 aromatic heterocycles. The molecule has 1 heterocycles. The summed E-state index contributed by atoms with van der Waals surface area (Å²) < 4.78 is 5.61. The van der Waals surface area contributed by atoms with Crippen molar-refractivity contribution in [2.24, 2.45) is 0 Å². The van der Waals surface area contributed by atoms with Crippen LogP contribution in [0.25, 0.3) is 22.6 Å². The Morgan fingerprint density at radius 1 is 1.21 bits per heavy atom. The van der Waals surface area contributed by atoms with Crippen LogP contribution in [-0.2, 0) is 0 Å². The number of aromatic nitrogens is 1. The van der Waals surface area contributed by atoms with Gasteiger partial charge in [0.1, 0.15) is 5.52 Å². The molecule has 0 spiro atoms. The Morgan fingerprint density at radius 3 is 2.84 bits per heavy atom. The number of hydrogen-bond donors (Lipinski definition) is 0. The minimum atomic E-state index is -0.434. The normalized spacial score (nSPS) is 10.8. The predicted octanol–water partition coefficient (Wildman–Crippen LogP) is 3.71. The van der Waals surface area contributed by atoms with Crippen LogP contribution in [0.4, 0.5) is 5.69 Å². The topological polar surface area (TPSA) is 69.2 Å². The van der Waals surface area contributed by atoms with Crippen LogP contribution in [0.1, 0.15) is 5.56 Å². The summed E-state index contributed by atoms with van der Waals surface area (Å²) in [5.74, 6) is 0.393. The zero-order valence-electron chi connectivity index (χ0n) is 10.2. The first-order valence-electron chi connectivity index (χ1n) is 5.75. The Labute approximate surface area is 108 Å². The van der Waals surface area contributed by atoms with Gasteiger partial charge in [0, 0.05) is 17.7 Å². The Morgan fingerprint density at radius 2 is 2.05 bits per heavy atom. The Bertz CT molecular complexity index is 777. The average Bonchev–Trinajstić information content (AvgIpc) is 2.81. The maximum absolute atomic E-state index is 10.8. The Balaban J connectivity index is 2.13. The second-order valence-corrected chi connectivity index (χ2v) is 4.30. The fraction of sp³-hybridized carbons (Fsp3) is 0.0714. The van der Waals surface area contributed by atoms with Crippen molar-refractivity contribution in [2.75, 3.05) is 0 Å². The van der Waals surface area contributed by atoms with Crippen LogP contribution in [0, 0.1) is 17.0 Å². The van der Waals surface area contributed by atoms with Gasteiger partial charge in [0.2, 0.25) is 5.89 Å². The summed E-state index contributed by atoms with van der Waals surface area (Å²) >= 11 is 0. The molecule has 5 heteroatoms. The van der Waals surface area contributed by atoms with E-state index in [0.717, 1.165) is 11.1 Å². The second-order valence-electron chi connectivity index (χ2n) is 4.30. The fourth-order valence-corrected chi connectivity index (χ4v) is 1.91. The molecule has 3 aromatic rings. The van der Waals surface area contributed by atoms with E-state index in [1.807, 2.05) is 25.1 Å². The predicted molar refractivity (Wildman–Crippen MR) is 70.8 cm³/mol. The van der Waals surface area contributed by atoms with Crippen LogP contribution in [0.2, 0.25) is 0 Å². The van der Waals surface area contributed by atoms with Gasteiger partial charge in [0.25, 0.3) is 5.69 Å². The molecule has 0 N–H and O–H groups in total. The molecule has 0 fully saturated rings. The van der Waals surface area contributed by atoms with Crippen molar-refractivity contribution < 1.29 is 9.34 Å². The van der Waals surface area contributed by atoms with E-state index in [0.29, 0.717) is 17.0 Å². The third-order valence-electron chi connectivity index (χ3n) is 2.85. The quantitative estimate of drug-likeness (QED) is 0.516. The molecule has 19 heavy (non-hydrogen) atoms. The maximum atomic E-state index is 10.8. The van der Waals surface area contributed by atoms with E-state index in [9.17, 15) is 10.1 Å². The Hall–Kier alpha value is -2.69. The summed E-state index contributed by atoms with van der Waals surface area (Å²) in [5, 5.41) is 10.8. The summed E-state index contributed by atoms with van der Waals surface area (Å²) in [7, 11) is 0. The minimum absolute atomic E-state index is 0.0240. The van der Waals surface area contributed by atoms with Gasteiger partial charge < -0.3 is 4.42 Å². The van der Waals surface area contributed by atoms with Crippen molar-refractivity contribution >= 4 is 16.8 Å². The molecule has 0 aliphatic carbocycles. The van der Waals surface area contributed by atoms with Crippen molar-refractivity contribution in [1.82, 2.24) is 4.98 Å². The number of nitro groups is 1. The van der Waals surface area contributed by atoms with E-state index in [2.05, 4.69) is 4.98 Å². The highest BCUT2D eigenvalue weighted by Gasteiger charge is 2.12. The van der Waals surface area contributed by atoms with E-state index in [1.165, 1.54) is 12.1 Å². The summed E-state index contributed by atoms with van der Waals surface area (Å²) in [5.41, 5.74) is 3.14. The van der Waals surface area contributed by atoms with Gasteiger partial charge in [-0.3, -0.25) is 10.1 Å². The molecule has 94 valence electrons. The van der Waals surface area contributed by atoms with Crippen molar-refractivity contribution in [3.8, 4) is 11.5 Å². The molecule has 0 atom stereocenters. The average molecular weight is 254 g/mol. The van der Waals surface area contributed by atoms with Gasteiger partial charge in [-0.2, -0.15) is 0 Å². The fourth-order valence-electron chi connectivity index (χ4n) is 1.91. The maximum Gasteiger partial charge on any atom is 0.270 e. The summed E-state index contributed by atoms with van der Waals surface area (Å²) in [6, 6.07) is 12.0. The lowest BCUT2D eigenvalue weighted by Crippen LogP contribution is -1.87. The number of rotatable bonds is 2. The standard InChI is InChI=1S/C14H10N2O3/c1-9-5-6-13-12(7-9)15-14(19-13)10-3-2-4-11(8-10)16(17)18/h2-8H,1H3. The lowest BCUT2D eigenvalue weighted by molar-refractivity contribution is -0.384. The molecule has 0 saturated carbocycles. The van der Waals surface area contributed by atoms with Crippen molar-refractivity contribution in [2.45, 2.75) is 6.92 Å². The molecule has 0 aliphatic heterocycles. The molecule has 0 radical (unpaired) electrons.